The van der Waals surface area contributed by atoms with Gasteiger partial charge in [-0.05, 0) is 31.9 Å². The molecule has 1 aliphatic rings. The molecule has 0 spiro atoms. The van der Waals surface area contributed by atoms with Crippen molar-refractivity contribution in [2.24, 2.45) is 0 Å². The number of anilines is 1. The second-order valence-electron chi connectivity index (χ2n) is 7.34. The van der Waals surface area contributed by atoms with E-state index in [1.807, 2.05) is 43.5 Å². The lowest BCUT2D eigenvalue weighted by Gasteiger charge is -2.22. The number of carbonyl (C=O) groups excluding carboxylic acids is 1. The number of benzene rings is 1. The molecule has 1 amide bonds. The molecule has 0 saturated heterocycles. The molecule has 1 aliphatic carbocycles. The SMILES string of the molecule is CCOc1ccccc1CNc1ccn2ncc(C(=O)NC3CCCCC3)c2n1. The van der Waals surface area contributed by atoms with Crippen LogP contribution < -0.4 is 15.4 Å². The number of carbonyl (C=O) groups is 1. The lowest BCUT2D eigenvalue weighted by atomic mass is 9.95. The summed E-state index contributed by atoms with van der Waals surface area (Å²) in [6.45, 7) is 3.17. The van der Waals surface area contributed by atoms with Crippen LogP contribution in [0, 0.1) is 0 Å². The van der Waals surface area contributed by atoms with Crippen molar-refractivity contribution >= 4 is 17.4 Å². The van der Waals surface area contributed by atoms with Crippen molar-refractivity contribution in [1.82, 2.24) is 19.9 Å². The molecule has 7 nitrogen and oxygen atoms in total. The first kappa shape index (κ1) is 19.2. The maximum Gasteiger partial charge on any atom is 0.256 e. The van der Waals surface area contributed by atoms with E-state index in [-0.39, 0.29) is 11.9 Å². The minimum atomic E-state index is -0.0989. The van der Waals surface area contributed by atoms with Crippen molar-refractivity contribution in [1.29, 1.82) is 0 Å². The van der Waals surface area contributed by atoms with E-state index in [1.165, 1.54) is 19.3 Å². The van der Waals surface area contributed by atoms with Gasteiger partial charge in [-0.25, -0.2) is 9.50 Å². The lowest BCUT2D eigenvalue weighted by molar-refractivity contribution is 0.0929. The van der Waals surface area contributed by atoms with Gasteiger partial charge in [-0.1, -0.05) is 37.5 Å². The highest BCUT2D eigenvalue weighted by Crippen LogP contribution is 2.21. The molecule has 3 aromatic rings. The van der Waals surface area contributed by atoms with Gasteiger partial charge in [-0.2, -0.15) is 5.10 Å². The molecule has 1 fully saturated rings. The van der Waals surface area contributed by atoms with Gasteiger partial charge in [0.2, 0.25) is 0 Å². The van der Waals surface area contributed by atoms with Crippen molar-refractivity contribution in [3.05, 3.63) is 53.9 Å². The first-order valence-corrected chi connectivity index (χ1v) is 10.3. The molecule has 2 N–H and O–H groups in total. The van der Waals surface area contributed by atoms with Gasteiger partial charge < -0.3 is 15.4 Å². The maximum absolute atomic E-state index is 12.8. The molecule has 0 radical (unpaired) electrons. The fraction of sp³-hybridized carbons (Fsp3) is 0.409. The van der Waals surface area contributed by atoms with E-state index in [2.05, 4.69) is 20.7 Å². The molecule has 2 heterocycles. The van der Waals surface area contributed by atoms with Gasteiger partial charge in [0.25, 0.3) is 5.91 Å². The smallest absolute Gasteiger partial charge is 0.256 e. The van der Waals surface area contributed by atoms with Crippen molar-refractivity contribution in [2.75, 3.05) is 11.9 Å². The Morgan fingerprint density at radius 2 is 2.03 bits per heavy atom. The van der Waals surface area contributed by atoms with Crippen LogP contribution in [0.25, 0.3) is 5.65 Å². The third-order valence-corrected chi connectivity index (χ3v) is 5.29. The van der Waals surface area contributed by atoms with Crippen LogP contribution in [0.3, 0.4) is 0 Å². The first-order chi connectivity index (χ1) is 14.2. The molecule has 29 heavy (non-hydrogen) atoms. The summed E-state index contributed by atoms with van der Waals surface area (Å²) < 4.78 is 7.31. The summed E-state index contributed by atoms with van der Waals surface area (Å²) in [4.78, 5) is 17.4. The molecular formula is C22H27N5O2. The number of ether oxygens (including phenoxy) is 1. The molecule has 2 aromatic heterocycles. The summed E-state index contributed by atoms with van der Waals surface area (Å²) in [5, 5.41) is 10.7. The van der Waals surface area contributed by atoms with Crippen LogP contribution in [0.1, 0.15) is 54.9 Å². The van der Waals surface area contributed by atoms with Gasteiger partial charge in [0.15, 0.2) is 5.65 Å². The van der Waals surface area contributed by atoms with Crippen molar-refractivity contribution in [2.45, 2.75) is 51.6 Å². The topological polar surface area (TPSA) is 80.5 Å². The van der Waals surface area contributed by atoms with Crippen LogP contribution in [-0.4, -0.2) is 33.2 Å². The Hall–Kier alpha value is -3.09. The number of nitrogens with one attached hydrogen (secondary N) is 2. The number of rotatable bonds is 7. The van der Waals surface area contributed by atoms with Crippen LogP contribution >= 0.6 is 0 Å². The molecule has 0 atom stereocenters. The predicted octanol–water partition coefficient (Wildman–Crippen LogP) is 3.80. The molecule has 4 rings (SSSR count). The van der Waals surface area contributed by atoms with Gasteiger partial charge in [-0.15, -0.1) is 0 Å². The van der Waals surface area contributed by atoms with E-state index >= 15 is 0 Å². The number of para-hydroxylation sites is 1. The minimum absolute atomic E-state index is 0.0989. The Morgan fingerprint density at radius 1 is 1.21 bits per heavy atom. The van der Waals surface area contributed by atoms with E-state index in [9.17, 15) is 4.79 Å². The second kappa shape index (κ2) is 8.94. The zero-order valence-corrected chi connectivity index (χ0v) is 16.7. The van der Waals surface area contributed by atoms with E-state index in [4.69, 9.17) is 4.74 Å². The Morgan fingerprint density at radius 3 is 2.86 bits per heavy atom. The fourth-order valence-electron chi connectivity index (χ4n) is 3.77. The Balaban J connectivity index is 1.49. The normalized spacial score (nSPS) is 14.7. The monoisotopic (exact) mass is 393 g/mol. The summed E-state index contributed by atoms with van der Waals surface area (Å²) >= 11 is 0. The average Bonchev–Trinajstić information content (AvgIpc) is 3.17. The van der Waals surface area contributed by atoms with Gasteiger partial charge in [-0.3, -0.25) is 4.79 Å². The Labute approximate surface area is 170 Å². The fourth-order valence-corrected chi connectivity index (χ4v) is 3.77. The van der Waals surface area contributed by atoms with Gasteiger partial charge in [0.1, 0.15) is 17.1 Å². The molecule has 7 heteroatoms. The van der Waals surface area contributed by atoms with Crippen molar-refractivity contribution < 1.29 is 9.53 Å². The third-order valence-electron chi connectivity index (χ3n) is 5.29. The van der Waals surface area contributed by atoms with Gasteiger partial charge in [0, 0.05) is 24.3 Å². The summed E-state index contributed by atoms with van der Waals surface area (Å²) in [7, 11) is 0. The zero-order valence-electron chi connectivity index (χ0n) is 16.7. The molecule has 152 valence electrons. The number of aromatic nitrogens is 3. The number of hydrogen-bond acceptors (Lipinski definition) is 5. The predicted molar refractivity (Wildman–Crippen MR) is 112 cm³/mol. The van der Waals surface area contributed by atoms with Crippen LogP contribution in [0.2, 0.25) is 0 Å². The number of amides is 1. The minimum Gasteiger partial charge on any atom is -0.494 e. The highest BCUT2D eigenvalue weighted by molar-refractivity contribution is 5.99. The largest absolute Gasteiger partial charge is 0.494 e. The van der Waals surface area contributed by atoms with Crippen LogP contribution in [0.15, 0.2) is 42.7 Å². The summed E-state index contributed by atoms with van der Waals surface area (Å²) in [6, 6.07) is 10.0. The van der Waals surface area contributed by atoms with E-state index in [0.29, 0.717) is 30.2 Å². The summed E-state index contributed by atoms with van der Waals surface area (Å²) in [5.41, 5.74) is 2.12. The summed E-state index contributed by atoms with van der Waals surface area (Å²) in [6.07, 6.45) is 9.11. The van der Waals surface area contributed by atoms with Crippen molar-refractivity contribution in [3.8, 4) is 5.75 Å². The molecule has 1 saturated carbocycles. The van der Waals surface area contributed by atoms with Crippen LogP contribution in [0.5, 0.6) is 5.75 Å². The quantitative estimate of drug-likeness (QED) is 0.638. The Bertz CT molecular complexity index is 978. The van der Waals surface area contributed by atoms with Crippen LogP contribution in [-0.2, 0) is 6.54 Å². The van der Waals surface area contributed by atoms with Crippen LogP contribution in [0.4, 0.5) is 5.82 Å². The Kier molecular flexibility index (Phi) is 5.93. The van der Waals surface area contributed by atoms with E-state index in [1.54, 1.807) is 10.7 Å². The number of hydrogen-bond donors (Lipinski definition) is 2. The molecule has 0 bridgehead atoms. The van der Waals surface area contributed by atoms with E-state index in [0.717, 1.165) is 24.2 Å². The lowest BCUT2D eigenvalue weighted by Crippen LogP contribution is -2.36. The standard InChI is InChI=1S/C22H27N5O2/c1-2-29-19-11-7-6-8-16(19)14-23-20-12-13-27-21(26-20)18(15-24-27)22(28)25-17-9-4-3-5-10-17/h6-8,11-13,15,17H,2-5,9-10,14H2,1H3,(H,23,26)(H,25,28). The van der Waals surface area contributed by atoms with Gasteiger partial charge in [0.05, 0.1) is 12.8 Å². The zero-order chi connectivity index (χ0) is 20.1. The first-order valence-electron chi connectivity index (χ1n) is 10.3. The van der Waals surface area contributed by atoms with E-state index < -0.39 is 0 Å². The highest BCUT2D eigenvalue weighted by Gasteiger charge is 2.20. The van der Waals surface area contributed by atoms with Gasteiger partial charge >= 0.3 is 0 Å². The molecule has 0 unspecified atom stereocenters. The number of nitrogens with zero attached hydrogens (tertiary/aromatic N) is 3. The number of fused-ring (bicyclic) bond motifs is 1. The maximum atomic E-state index is 12.8. The van der Waals surface area contributed by atoms with Crippen molar-refractivity contribution in [3.63, 3.8) is 0 Å². The molecular weight excluding hydrogens is 366 g/mol. The highest BCUT2D eigenvalue weighted by atomic mass is 16.5. The summed E-state index contributed by atoms with van der Waals surface area (Å²) in [5.74, 6) is 1.45. The molecule has 0 aliphatic heterocycles. The average molecular weight is 393 g/mol. The third kappa shape index (κ3) is 4.50. The molecule has 1 aromatic carbocycles. The second-order valence-corrected chi connectivity index (χ2v) is 7.34.